The molecule has 0 heterocycles. The van der Waals surface area contributed by atoms with Gasteiger partial charge in [-0.25, -0.2) is 0 Å². The first kappa shape index (κ1) is 27.8. The lowest BCUT2D eigenvalue weighted by atomic mass is 10.0. The highest BCUT2D eigenvalue weighted by atomic mass is 35.5. The molecule has 2 atom stereocenters. The average Bonchev–Trinajstić information content (AvgIpc) is 2.87. The van der Waals surface area contributed by atoms with Crippen molar-refractivity contribution in [3.05, 3.63) is 106 Å². The molecule has 4 nitrogen and oxygen atoms in total. The predicted octanol–water partition coefficient (Wildman–Crippen LogP) is 6.44. The number of rotatable bonds is 12. The molecular weight excluding hydrogens is 488 g/mol. The maximum absolute atomic E-state index is 13.7. The maximum Gasteiger partial charge on any atom is 0.243 e. The van der Waals surface area contributed by atoms with E-state index in [2.05, 4.69) is 30.4 Å². The fourth-order valence-electron chi connectivity index (χ4n) is 3.92. The van der Waals surface area contributed by atoms with E-state index in [1.807, 2.05) is 74.5 Å². The summed E-state index contributed by atoms with van der Waals surface area (Å²) in [4.78, 5) is 28.9. The summed E-state index contributed by atoms with van der Waals surface area (Å²) < 4.78 is 0. The number of benzene rings is 3. The highest BCUT2D eigenvalue weighted by Crippen LogP contribution is 2.20. The lowest BCUT2D eigenvalue weighted by Crippen LogP contribution is -2.52. The van der Waals surface area contributed by atoms with Crippen molar-refractivity contribution < 1.29 is 9.59 Å². The number of halogens is 1. The molecule has 0 unspecified atom stereocenters. The molecule has 0 fully saturated rings. The van der Waals surface area contributed by atoms with Crippen LogP contribution in [0.25, 0.3) is 0 Å². The normalized spacial score (nSPS) is 12.6. The van der Waals surface area contributed by atoms with Gasteiger partial charge in [0.15, 0.2) is 0 Å². The second kappa shape index (κ2) is 14.1. The van der Waals surface area contributed by atoms with Crippen molar-refractivity contribution in [3.63, 3.8) is 0 Å². The van der Waals surface area contributed by atoms with Crippen LogP contribution < -0.4 is 5.32 Å². The zero-order valence-electron chi connectivity index (χ0n) is 21.2. The summed E-state index contributed by atoms with van der Waals surface area (Å²) >= 11 is 7.67. The van der Waals surface area contributed by atoms with Crippen molar-refractivity contribution >= 4 is 35.2 Å². The lowest BCUT2D eigenvalue weighted by molar-refractivity contribution is -0.139. The molecule has 190 valence electrons. The highest BCUT2D eigenvalue weighted by Gasteiger charge is 2.30. The quantitative estimate of drug-likeness (QED) is 0.298. The zero-order valence-corrected chi connectivity index (χ0v) is 22.8. The first-order valence-corrected chi connectivity index (χ1v) is 13.9. The molecule has 0 saturated carbocycles. The molecule has 0 saturated heterocycles. The molecule has 1 N–H and O–H groups in total. The minimum atomic E-state index is -0.621. The number of hydrogen-bond acceptors (Lipinski definition) is 3. The van der Waals surface area contributed by atoms with E-state index in [1.165, 1.54) is 11.1 Å². The fourth-order valence-corrected chi connectivity index (χ4v) is 4.91. The second-order valence-electron chi connectivity index (χ2n) is 9.15. The monoisotopic (exact) mass is 522 g/mol. The molecule has 0 aliphatic rings. The molecule has 0 radical (unpaired) electrons. The first-order chi connectivity index (χ1) is 17.4. The van der Waals surface area contributed by atoms with Gasteiger partial charge in [-0.3, -0.25) is 9.59 Å². The van der Waals surface area contributed by atoms with Gasteiger partial charge >= 0.3 is 0 Å². The molecule has 0 aromatic heterocycles. The number of carbonyl (C=O) groups excluding carboxylic acids is 2. The number of nitrogens with zero attached hydrogens (tertiary/aromatic N) is 1. The van der Waals surface area contributed by atoms with Crippen LogP contribution in [0, 0.1) is 6.92 Å². The number of thioether (sulfide) groups is 1. The molecule has 36 heavy (non-hydrogen) atoms. The topological polar surface area (TPSA) is 49.4 Å². The van der Waals surface area contributed by atoms with Crippen LogP contribution in [0.1, 0.15) is 42.5 Å². The standard InChI is InChI=1S/C30H35ClN2O2S/c1-4-23(3)32-30(35)28(18-24-10-6-5-7-11-24)33(19-25-13-15-27(31)16-14-25)29(34)21-36-20-26-12-8-9-22(2)17-26/h5-17,23,28H,4,18-21H2,1-3H3,(H,32,35)/t23-,28-/m1/s1. The third-order valence-electron chi connectivity index (χ3n) is 6.12. The van der Waals surface area contributed by atoms with Crippen LogP contribution in [0.2, 0.25) is 5.02 Å². The van der Waals surface area contributed by atoms with E-state index in [4.69, 9.17) is 11.6 Å². The Balaban J connectivity index is 1.85. The molecule has 3 aromatic carbocycles. The SMILES string of the molecule is CC[C@@H](C)NC(=O)[C@@H](Cc1ccccc1)N(Cc1ccc(Cl)cc1)C(=O)CSCc1cccc(C)c1. The summed E-state index contributed by atoms with van der Waals surface area (Å²) in [5, 5.41) is 3.75. The number of amides is 2. The van der Waals surface area contributed by atoms with E-state index in [-0.39, 0.29) is 17.9 Å². The van der Waals surface area contributed by atoms with Crippen molar-refractivity contribution in [2.45, 2.75) is 58.0 Å². The third-order valence-corrected chi connectivity index (χ3v) is 7.36. The van der Waals surface area contributed by atoms with Crippen LogP contribution in [-0.2, 0) is 28.3 Å². The summed E-state index contributed by atoms with van der Waals surface area (Å²) in [5.74, 6) is 0.857. The van der Waals surface area contributed by atoms with Crippen LogP contribution in [-0.4, -0.2) is 34.6 Å². The van der Waals surface area contributed by atoms with Crippen molar-refractivity contribution in [1.82, 2.24) is 10.2 Å². The van der Waals surface area contributed by atoms with Gasteiger partial charge < -0.3 is 10.2 Å². The fraction of sp³-hybridized carbons (Fsp3) is 0.333. The largest absolute Gasteiger partial charge is 0.352 e. The molecule has 3 aromatic rings. The van der Waals surface area contributed by atoms with Gasteiger partial charge in [-0.2, -0.15) is 0 Å². The van der Waals surface area contributed by atoms with Crippen molar-refractivity contribution in [3.8, 4) is 0 Å². The molecule has 2 amide bonds. The van der Waals surface area contributed by atoms with E-state index in [0.717, 1.165) is 23.3 Å². The van der Waals surface area contributed by atoms with Gasteiger partial charge in [0, 0.05) is 29.8 Å². The summed E-state index contributed by atoms with van der Waals surface area (Å²) in [7, 11) is 0. The van der Waals surface area contributed by atoms with Gasteiger partial charge in [0.2, 0.25) is 11.8 Å². The van der Waals surface area contributed by atoms with E-state index in [1.54, 1.807) is 16.7 Å². The van der Waals surface area contributed by atoms with Gasteiger partial charge in [-0.1, -0.05) is 90.8 Å². The molecule has 3 rings (SSSR count). The van der Waals surface area contributed by atoms with Gasteiger partial charge in [0.1, 0.15) is 6.04 Å². The summed E-state index contributed by atoms with van der Waals surface area (Å²) in [6.07, 6.45) is 1.27. The Morgan fingerprint density at radius 3 is 2.31 bits per heavy atom. The van der Waals surface area contributed by atoms with Gasteiger partial charge in [-0.05, 0) is 49.1 Å². The molecule has 0 aliphatic carbocycles. The van der Waals surface area contributed by atoms with Crippen LogP contribution in [0.4, 0.5) is 0 Å². The average molecular weight is 523 g/mol. The van der Waals surface area contributed by atoms with Crippen LogP contribution in [0.15, 0.2) is 78.9 Å². The molecule has 0 spiro atoms. The number of carbonyl (C=O) groups is 2. The Labute approximate surface area is 224 Å². The van der Waals surface area contributed by atoms with Gasteiger partial charge in [-0.15, -0.1) is 11.8 Å². The number of aryl methyl sites for hydroxylation is 1. The van der Waals surface area contributed by atoms with Crippen LogP contribution in [0.5, 0.6) is 0 Å². The van der Waals surface area contributed by atoms with Gasteiger partial charge in [0.05, 0.1) is 5.75 Å². The zero-order chi connectivity index (χ0) is 25.9. The Hall–Kier alpha value is -2.76. The molecule has 0 bridgehead atoms. The van der Waals surface area contributed by atoms with E-state index < -0.39 is 6.04 Å². The van der Waals surface area contributed by atoms with E-state index in [9.17, 15) is 9.59 Å². The maximum atomic E-state index is 13.7. The number of nitrogens with one attached hydrogen (secondary N) is 1. The van der Waals surface area contributed by atoms with Gasteiger partial charge in [0.25, 0.3) is 0 Å². The summed E-state index contributed by atoms with van der Waals surface area (Å²) in [6, 6.07) is 25.1. The molecule has 6 heteroatoms. The Bertz CT molecular complexity index is 1120. The Morgan fingerprint density at radius 1 is 0.944 bits per heavy atom. The highest BCUT2D eigenvalue weighted by molar-refractivity contribution is 7.99. The minimum Gasteiger partial charge on any atom is -0.352 e. The first-order valence-electron chi connectivity index (χ1n) is 12.4. The van der Waals surface area contributed by atoms with E-state index >= 15 is 0 Å². The smallest absolute Gasteiger partial charge is 0.243 e. The van der Waals surface area contributed by atoms with Crippen molar-refractivity contribution in [1.29, 1.82) is 0 Å². The van der Waals surface area contributed by atoms with Crippen LogP contribution in [0.3, 0.4) is 0 Å². The van der Waals surface area contributed by atoms with E-state index in [0.29, 0.717) is 23.7 Å². The molecule has 0 aliphatic heterocycles. The van der Waals surface area contributed by atoms with Crippen molar-refractivity contribution in [2.75, 3.05) is 5.75 Å². The Kier molecular flexibility index (Phi) is 10.9. The predicted molar refractivity (Wildman–Crippen MR) is 151 cm³/mol. The Morgan fingerprint density at radius 2 is 1.64 bits per heavy atom. The lowest BCUT2D eigenvalue weighted by Gasteiger charge is -2.32. The minimum absolute atomic E-state index is 0.0268. The summed E-state index contributed by atoms with van der Waals surface area (Å²) in [6.45, 7) is 6.43. The number of hydrogen-bond donors (Lipinski definition) is 1. The third kappa shape index (κ3) is 8.72. The van der Waals surface area contributed by atoms with Crippen molar-refractivity contribution in [2.24, 2.45) is 0 Å². The molecular formula is C30H35ClN2O2S. The second-order valence-corrected chi connectivity index (χ2v) is 10.6. The van der Waals surface area contributed by atoms with Crippen LogP contribution >= 0.6 is 23.4 Å². The summed E-state index contributed by atoms with van der Waals surface area (Å²) in [5.41, 5.74) is 4.34.